The van der Waals surface area contributed by atoms with E-state index in [1.54, 1.807) is 0 Å². The van der Waals surface area contributed by atoms with Gasteiger partial charge >= 0.3 is 0 Å². The Balaban J connectivity index is 0.000000220. The molecule has 132 valence electrons. The molecule has 1 aliphatic rings. The number of furan rings is 1. The smallest absolute Gasteiger partial charge is 0.252 e. The highest BCUT2D eigenvalue weighted by Crippen LogP contribution is 2.24. The summed E-state index contributed by atoms with van der Waals surface area (Å²) in [5, 5.41) is 0.599. The number of amides is 1. The van der Waals surface area contributed by atoms with E-state index in [1.807, 2.05) is 19.9 Å². The van der Waals surface area contributed by atoms with Gasteiger partial charge < -0.3 is 14.7 Å². The first-order valence-electron chi connectivity index (χ1n) is 7.65. The Morgan fingerprint density at radius 1 is 1.25 bits per heavy atom. The Labute approximate surface area is 149 Å². The zero-order valence-electron chi connectivity index (χ0n) is 13.9. The van der Waals surface area contributed by atoms with Gasteiger partial charge in [0.25, 0.3) is 5.91 Å². The van der Waals surface area contributed by atoms with Crippen LogP contribution in [0.3, 0.4) is 0 Å². The first-order chi connectivity index (χ1) is 11.4. The summed E-state index contributed by atoms with van der Waals surface area (Å²) >= 11 is 3.36. The molecule has 0 aliphatic heterocycles. The van der Waals surface area contributed by atoms with Gasteiger partial charge in [0.05, 0.1) is 5.56 Å². The molecule has 1 aromatic carbocycles. The molecule has 0 spiro atoms. The van der Waals surface area contributed by atoms with Gasteiger partial charge in [0.2, 0.25) is 0 Å². The Morgan fingerprint density at radius 2 is 1.88 bits per heavy atom. The molecule has 7 heteroatoms. The predicted molar refractivity (Wildman–Crippen MR) is 94.0 cm³/mol. The topological polar surface area (TPSA) is 96.4 Å². The lowest BCUT2D eigenvalue weighted by Gasteiger charge is -1.96. The van der Waals surface area contributed by atoms with Crippen molar-refractivity contribution in [3.63, 3.8) is 0 Å². The van der Waals surface area contributed by atoms with E-state index in [0.717, 1.165) is 11.1 Å². The molecule has 0 radical (unpaired) electrons. The number of fused-ring (bicyclic) bond motifs is 1. The van der Waals surface area contributed by atoms with Crippen molar-refractivity contribution in [1.29, 1.82) is 0 Å². The van der Waals surface area contributed by atoms with E-state index in [-0.39, 0.29) is 16.4 Å². The summed E-state index contributed by atoms with van der Waals surface area (Å²) in [6, 6.07) is 7.31. The van der Waals surface area contributed by atoms with Crippen molar-refractivity contribution in [1.82, 2.24) is 0 Å². The fourth-order valence-corrected chi connectivity index (χ4v) is 2.92. The highest BCUT2D eigenvalue weighted by Gasteiger charge is 2.11. The van der Waals surface area contributed by atoms with Crippen LogP contribution in [-0.4, -0.2) is 14.7 Å². The fourth-order valence-electron chi connectivity index (χ4n) is 2.32. The monoisotopic (exact) mass is 370 g/mol. The van der Waals surface area contributed by atoms with Crippen molar-refractivity contribution in [2.75, 3.05) is 0 Å². The third kappa shape index (κ3) is 5.47. The highest BCUT2D eigenvalue weighted by molar-refractivity contribution is 7.79. The minimum absolute atomic E-state index is 0.0919. The summed E-state index contributed by atoms with van der Waals surface area (Å²) < 4.78 is 25.4. The molecule has 5 nitrogen and oxygen atoms in total. The summed E-state index contributed by atoms with van der Waals surface area (Å²) in [7, 11) is 0. The second kappa shape index (κ2) is 9.61. The maximum Gasteiger partial charge on any atom is 0.252 e. The van der Waals surface area contributed by atoms with Crippen LogP contribution in [0.5, 0.6) is 0 Å². The van der Waals surface area contributed by atoms with Crippen LogP contribution in [0.4, 0.5) is 0 Å². The van der Waals surface area contributed by atoms with Crippen LogP contribution in [0.15, 0.2) is 33.8 Å². The summed E-state index contributed by atoms with van der Waals surface area (Å²) in [6.45, 7) is 5.47. The second-order valence-corrected chi connectivity index (χ2v) is 6.21. The number of carbonyl (C=O) groups excluding carboxylic acids is 1. The number of hydrogen-bond acceptors (Lipinski definition) is 4. The highest BCUT2D eigenvalue weighted by atomic mass is 35.5. The number of carbonyl (C=O) groups is 1. The van der Waals surface area contributed by atoms with E-state index >= 15 is 0 Å². The number of aryl methyl sites for hydroxylation is 3. The molecule has 1 unspecified atom stereocenters. The van der Waals surface area contributed by atoms with Crippen LogP contribution < -0.4 is 5.73 Å². The average molecular weight is 371 g/mol. The minimum atomic E-state index is -2.46. The quantitative estimate of drug-likeness (QED) is 0.813. The molecule has 24 heavy (non-hydrogen) atoms. The van der Waals surface area contributed by atoms with Crippen molar-refractivity contribution in [2.24, 2.45) is 5.73 Å². The minimum Gasteiger partial charge on any atom is -0.766 e. The first kappa shape index (κ1) is 20.4. The van der Waals surface area contributed by atoms with Gasteiger partial charge in [0, 0.05) is 22.2 Å². The third-order valence-corrected chi connectivity index (χ3v) is 4.15. The van der Waals surface area contributed by atoms with Crippen LogP contribution in [-0.2, 0) is 23.9 Å². The van der Waals surface area contributed by atoms with Crippen molar-refractivity contribution in [3.05, 3.63) is 51.7 Å². The van der Waals surface area contributed by atoms with Crippen molar-refractivity contribution in [3.8, 4) is 0 Å². The maximum absolute atomic E-state index is 10.6. The largest absolute Gasteiger partial charge is 0.766 e. The summed E-state index contributed by atoms with van der Waals surface area (Å²) in [6.07, 6.45) is 3.76. The van der Waals surface area contributed by atoms with Gasteiger partial charge in [0.15, 0.2) is 5.09 Å². The van der Waals surface area contributed by atoms with Gasteiger partial charge in [-0.25, -0.2) is 0 Å². The lowest BCUT2D eigenvalue weighted by molar-refractivity contribution is 0.0999. The molecule has 1 amide bonds. The zero-order chi connectivity index (χ0) is 18.3. The lowest BCUT2D eigenvalue weighted by atomic mass is 10.1. The standard InChI is InChI=1S/C9H9Cl.C6H7NO4S.C2H6/c10-9-5-4-7-2-1-3-8(7)6-9;1-3-4(6(7)8)2-5(11-3)12(9)10;1-2/h4-6H,1-3H2;2H,1H3,(H2,7,8)(H,9,10);1-2H3/p-1. The van der Waals surface area contributed by atoms with Gasteiger partial charge in [-0.1, -0.05) is 31.5 Å². The molecule has 3 rings (SSSR count). The number of rotatable bonds is 2. The molecule has 0 bridgehead atoms. The SMILES string of the molecule is CC.Cc1oc(S(=O)[O-])cc1C(N)=O.Clc1ccc2c(c1)CCC2. The van der Waals surface area contributed by atoms with Crippen molar-refractivity contribution >= 4 is 28.6 Å². The van der Waals surface area contributed by atoms with E-state index in [4.69, 9.17) is 21.8 Å². The number of halogens is 1. The Morgan fingerprint density at radius 3 is 2.38 bits per heavy atom. The van der Waals surface area contributed by atoms with Gasteiger partial charge in [-0.2, -0.15) is 0 Å². The molecule has 1 aliphatic carbocycles. The molecule has 2 N–H and O–H groups in total. The number of nitrogens with two attached hydrogens (primary N) is 1. The van der Waals surface area contributed by atoms with Crippen molar-refractivity contribution < 1.29 is 18.0 Å². The van der Waals surface area contributed by atoms with Crippen molar-refractivity contribution in [2.45, 2.75) is 45.1 Å². The maximum atomic E-state index is 10.6. The van der Waals surface area contributed by atoms with Crippen LogP contribution in [0, 0.1) is 6.92 Å². The van der Waals surface area contributed by atoms with E-state index in [0.29, 0.717) is 0 Å². The normalized spacial score (nSPS) is 13.0. The van der Waals surface area contributed by atoms with Crippen LogP contribution in [0.1, 0.15) is 47.5 Å². The number of hydrogen-bond donors (Lipinski definition) is 1. The lowest BCUT2D eigenvalue weighted by Crippen LogP contribution is -2.10. The van der Waals surface area contributed by atoms with E-state index in [9.17, 15) is 13.6 Å². The van der Waals surface area contributed by atoms with Crippen LogP contribution >= 0.6 is 11.6 Å². The number of primary amides is 1. The van der Waals surface area contributed by atoms with E-state index in [2.05, 4.69) is 12.1 Å². The Kier molecular flexibility index (Phi) is 8.18. The predicted octanol–water partition coefficient (Wildman–Crippen LogP) is 3.78. The van der Waals surface area contributed by atoms with E-state index in [1.165, 1.54) is 37.3 Å². The van der Waals surface area contributed by atoms with Gasteiger partial charge in [0.1, 0.15) is 5.76 Å². The molecule has 1 aromatic heterocycles. The third-order valence-electron chi connectivity index (χ3n) is 3.39. The summed E-state index contributed by atoms with van der Waals surface area (Å²) in [4.78, 5) is 10.6. The van der Waals surface area contributed by atoms with Gasteiger partial charge in [-0.15, -0.1) is 0 Å². The Hall–Kier alpha value is -1.63. The van der Waals surface area contributed by atoms with Crippen LogP contribution in [0.25, 0.3) is 0 Å². The van der Waals surface area contributed by atoms with Crippen LogP contribution in [0.2, 0.25) is 5.02 Å². The zero-order valence-corrected chi connectivity index (χ0v) is 15.5. The number of benzene rings is 1. The Bertz CT molecular complexity index is 727. The van der Waals surface area contributed by atoms with Gasteiger partial charge in [-0.05, 0) is 49.4 Å². The summed E-state index contributed by atoms with van der Waals surface area (Å²) in [5.41, 5.74) is 7.96. The molecule has 0 saturated carbocycles. The molecule has 0 saturated heterocycles. The summed E-state index contributed by atoms with van der Waals surface area (Å²) in [5.74, 6) is -0.491. The molecular formula is C17H21ClNO4S-. The molecule has 0 fully saturated rings. The molecule has 1 heterocycles. The molecular weight excluding hydrogens is 350 g/mol. The van der Waals surface area contributed by atoms with E-state index < -0.39 is 17.0 Å². The molecule has 1 atom stereocenters. The second-order valence-electron chi connectivity index (χ2n) is 4.90. The average Bonchev–Trinajstić information content (AvgIpc) is 3.15. The fraction of sp³-hybridized carbons (Fsp3) is 0.353. The first-order valence-corrected chi connectivity index (χ1v) is 9.10. The molecule has 2 aromatic rings. The van der Waals surface area contributed by atoms with Gasteiger partial charge in [-0.3, -0.25) is 9.00 Å².